The van der Waals surface area contributed by atoms with Crippen molar-refractivity contribution in [3.63, 3.8) is 0 Å². The number of aromatic nitrogens is 3. The molecule has 2 aromatic carbocycles. The van der Waals surface area contributed by atoms with Crippen molar-refractivity contribution >= 4 is 29.2 Å². The summed E-state index contributed by atoms with van der Waals surface area (Å²) in [7, 11) is 1.53. The van der Waals surface area contributed by atoms with Gasteiger partial charge in [0.25, 0.3) is 5.91 Å². The highest BCUT2D eigenvalue weighted by Gasteiger charge is 2.21. The van der Waals surface area contributed by atoms with Crippen LogP contribution >= 0.6 is 11.6 Å². The van der Waals surface area contributed by atoms with Crippen molar-refractivity contribution in [2.45, 2.75) is 26.4 Å². The van der Waals surface area contributed by atoms with Crippen LogP contribution in [-0.4, -0.2) is 40.6 Å². The minimum Gasteiger partial charge on any atom is -0.462 e. The van der Waals surface area contributed by atoms with Crippen LogP contribution in [0.2, 0.25) is 5.02 Å². The van der Waals surface area contributed by atoms with Crippen LogP contribution in [0.15, 0.2) is 48.5 Å². The van der Waals surface area contributed by atoms with Gasteiger partial charge in [-0.2, -0.15) is 0 Å². The Bertz CT molecular complexity index is 1030. The van der Waals surface area contributed by atoms with Crippen molar-refractivity contribution in [2.75, 3.05) is 19.0 Å². The molecule has 162 valence electrons. The molecule has 0 radical (unpaired) electrons. The Hall–Kier alpha value is -3.23. The monoisotopic (exact) mass is 442 g/mol. The molecule has 0 aliphatic rings. The number of halogens is 1. The van der Waals surface area contributed by atoms with E-state index in [0.717, 1.165) is 12.8 Å². The fraction of sp³-hybridized carbons (Fsp3) is 0.273. The fourth-order valence-corrected chi connectivity index (χ4v) is 2.93. The number of hydrogen-bond acceptors (Lipinski definition) is 6. The first kappa shape index (κ1) is 22.5. The van der Waals surface area contributed by atoms with Crippen LogP contribution in [0, 0.1) is 0 Å². The number of rotatable bonds is 9. The molecule has 9 heteroatoms. The highest BCUT2D eigenvalue weighted by Crippen LogP contribution is 2.18. The van der Waals surface area contributed by atoms with Gasteiger partial charge in [0.05, 0.1) is 24.5 Å². The molecule has 1 amide bonds. The van der Waals surface area contributed by atoms with Crippen LogP contribution in [0.1, 0.15) is 46.3 Å². The maximum absolute atomic E-state index is 12.8. The van der Waals surface area contributed by atoms with Gasteiger partial charge in [-0.3, -0.25) is 4.79 Å². The van der Waals surface area contributed by atoms with E-state index in [1.807, 2.05) is 6.92 Å². The van der Waals surface area contributed by atoms with Gasteiger partial charge in [-0.15, -0.1) is 5.10 Å². The molecule has 31 heavy (non-hydrogen) atoms. The summed E-state index contributed by atoms with van der Waals surface area (Å²) < 4.78 is 12.0. The summed E-state index contributed by atoms with van der Waals surface area (Å²) in [6.07, 6.45) is 1.77. The zero-order valence-electron chi connectivity index (χ0n) is 17.3. The van der Waals surface area contributed by atoms with Gasteiger partial charge in [-0.05, 0) is 55.0 Å². The Balaban J connectivity index is 1.74. The summed E-state index contributed by atoms with van der Waals surface area (Å²) in [5, 5.41) is 11.5. The molecule has 0 spiro atoms. The van der Waals surface area contributed by atoms with Gasteiger partial charge in [0.15, 0.2) is 5.69 Å². The predicted molar refractivity (Wildman–Crippen MR) is 117 cm³/mol. The van der Waals surface area contributed by atoms with E-state index in [4.69, 9.17) is 21.1 Å². The Labute approximate surface area is 185 Å². The van der Waals surface area contributed by atoms with Gasteiger partial charge in [0, 0.05) is 17.8 Å². The van der Waals surface area contributed by atoms with Gasteiger partial charge in [-0.25, -0.2) is 9.48 Å². The summed E-state index contributed by atoms with van der Waals surface area (Å²) in [6, 6.07) is 13.5. The first-order valence-electron chi connectivity index (χ1n) is 9.81. The molecule has 0 bridgehead atoms. The van der Waals surface area contributed by atoms with Crippen molar-refractivity contribution in [3.05, 3.63) is 70.5 Å². The number of carbonyl (C=O) groups is 2. The summed E-state index contributed by atoms with van der Waals surface area (Å²) in [5.41, 5.74) is 2.27. The van der Waals surface area contributed by atoms with E-state index in [-0.39, 0.29) is 18.3 Å². The van der Waals surface area contributed by atoms with Gasteiger partial charge in [0.2, 0.25) is 0 Å². The summed E-state index contributed by atoms with van der Waals surface area (Å²) in [5.74, 6) is -0.829. The van der Waals surface area contributed by atoms with E-state index in [1.54, 1.807) is 48.5 Å². The lowest BCUT2D eigenvalue weighted by atomic mass is 10.2. The number of unbranched alkanes of at least 4 members (excludes halogenated alkanes) is 1. The van der Waals surface area contributed by atoms with Crippen LogP contribution in [0.5, 0.6) is 0 Å². The molecule has 0 aliphatic heterocycles. The summed E-state index contributed by atoms with van der Waals surface area (Å²) in [4.78, 5) is 24.8. The second-order valence-electron chi connectivity index (χ2n) is 6.73. The average Bonchev–Trinajstić information content (AvgIpc) is 3.19. The number of amides is 1. The van der Waals surface area contributed by atoms with E-state index in [9.17, 15) is 9.59 Å². The number of benzene rings is 2. The molecular weight excluding hydrogens is 420 g/mol. The number of methoxy groups -OCH3 is 1. The summed E-state index contributed by atoms with van der Waals surface area (Å²) in [6.45, 7) is 2.55. The molecule has 0 saturated carbocycles. The Morgan fingerprint density at radius 1 is 1.10 bits per heavy atom. The highest BCUT2D eigenvalue weighted by atomic mass is 35.5. The highest BCUT2D eigenvalue weighted by molar-refractivity contribution is 6.30. The molecule has 1 heterocycles. The Kier molecular flexibility index (Phi) is 7.75. The van der Waals surface area contributed by atoms with E-state index in [0.29, 0.717) is 34.3 Å². The second kappa shape index (κ2) is 10.7. The molecule has 1 aromatic heterocycles. The maximum atomic E-state index is 12.8. The lowest BCUT2D eigenvalue weighted by molar-refractivity contribution is 0.0499. The minimum absolute atomic E-state index is 0.139. The number of carbonyl (C=O) groups excluding carboxylic acids is 2. The molecule has 3 rings (SSSR count). The SMILES string of the molecule is CCCCOC(=O)c1ccc(NC(=O)c2nnn(-c3ccc(Cl)cc3)c2COC)cc1. The third-order valence-electron chi connectivity index (χ3n) is 4.44. The standard InChI is InChI=1S/C22H23ClN4O4/c1-3-4-13-31-22(29)15-5-9-17(10-6-15)24-21(28)20-19(14-30-2)27(26-25-20)18-11-7-16(23)8-12-18/h5-12H,3-4,13-14H2,1-2H3,(H,24,28). The normalized spacial score (nSPS) is 10.7. The van der Waals surface area contributed by atoms with Crippen LogP contribution in [0.25, 0.3) is 5.69 Å². The molecule has 3 aromatic rings. The maximum Gasteiger partial charge on any atom is 0.338 e. The van der Waals surface area contributed by atoms with E-state index < -0.39 is 5.91 Å². The average molecular weight is 443 g/mol. The molecule has 0 fully saturated rings. The molecule has 0 atom stereocenters. The molecule has 8 nitrogen and oxygen atoms in total. The smallest absolute Gasteiger partial charge is 0.338 e. The zero-order valence-corrected chi connectivity index (χ0v) is 18.1. The first-order valence-corrected chi connectivity index (χ1v) is 10.2. The van der Waals surface area contributed by atoms with E-state index >= 15 is 0 Å². The van der Waals surface area contributed by atoms with E-state index in [1.165, 1.54) is 11.8 Å². The minimum atomic E-state index is -0.439. The first-order chi connectivity index (χ1) is 15.0. The third-order valence-corrected chi connectivity index (χ3v) is 4.69. The van der Waals surface area contributed by atoms with Gasteiger partial charge in [-0.1, -0.05) is 30.2 Å². The molecule has 0 aliphatic carbocycles. The number of nitrogens with zero attached hydrogens (tertiary/aromatic N) is 3. The van der Waals surface area contributed by atoms with Gasteiger partial charge >= 0.3 is 5.97 Å². The third kappa shape index (κ3) is 5.68. The lowest BCUT2D eigenvalue weighted by Crippen LogP contribution is -2.16. The molecule has 0 saturated heterocycles. The second-order valence-corrected chi connectivity index (χ2v) is 7.16. The quantitative estimate of drug-likeness (QED) is 0.392. The predicted octanol–water partition coefficient (Wildman–Crippen LogP) is 4.28. The topological polar surface area (TPSA) is 95.3 Å². The van der Waals surface area contributed by atoms with Crippen LogP contribution in [0.3, 0.4) is 0 Å². The molecule has 1 N–H and O–H groups in total. The molecule has 0 unspecified atom stereocenters. The Morgan fingerprint density at radius 3 is 2.45 bits per heavy atom. The van der Waals surface area contributed by atoms with Gasteiger partial charge in [0.1, 0.15) is 5.69 Å². The van der Waals surface area contributed by atoms with Crippen molar-refractivity contribution in [3.8, 4) is 5.69 Å². The van der Waals surface area contributed by atoms with Crippen LogP contribution < -0.4 is 5.32 Å². The number of anilines is 1. The number of ether oxygens (including phenoxy) is 2. The van der Waals surface area contributed by atoms with Crippen LogP contribution in [0.4, 0.5) is 5.69 Å². The number of hydrogen-bond donors (Lipinski definition) is 1. The van der Waals surface area contributed by atoms with E-state index in [2.05, 4.69) is 15.6 Å². The summed E-state index contributed by atoms with van der Waals surface area (Å²) >= 11 is 5.95. The zero-order chi connectivity index (χ0) is 22.2. The van der Waals surface area contributed by atoms with Crippen LogP contribution in [-0.2, 0) is 16.1 Å². The lowest BCUT2D eigenvalue weighted by Gasteiger charge is -2.09. The van der Waals surface area contributed by atoms with Gasteiger partial charge < -0.3 is 14.8 Å². The number of nitrogens with one attached hydrogen (secondary N) is 1. The van der Waals surface area contributed by atoms with Crippen molar-refractivity contribution in [2.24, 2.45) is 0 Å². The van der Waals surface area contributed by atoms with Crippen molar-refractivity contribution in [1.82, 2.24) is 15.0 Å². The Morgan fingerprint density at radius 2 is 1.81 bits per heavy atom. The van der Waals surface area contributed by atoms with Crippen molar-refractivity contribution < 1.29 is 19.1 Å². The largest absolute Gasteiger partial charge is 0.462 e. The fourth-order valence-electron chi connectivity index (χ4n) is 2.81. The van der Waals surface area contributed by atoms with Crippen molar-refractivity contribution in [1.29, 1.82) is 0 Å². The number of esters is 1. The molecular formula is C22H23ClN4O4.